The molecule has 0 unspecified atom stereocenters. The number of primary amides is 1. The maximum absolute atomic E-state index is 13.5. The number of carbonyl (C=O) groups excluding carboxylic acids is 2. The predicted octanol–water partition coefficient (Wildman–Crippen LogP) is 2.35. The molecular weight excluding hydrogens is 280 g/mol. The molecule has 0 spiro atoms. The second-order valence-corrected chi connectivity index (χ2v) is 4.22. The summed E-state index contributed by atoms with van der Waals surface area (Å²) < 4.78 is 31.2. The molecule has 0 fully saturated rings. The molecule has 2 aromatic carbocycles. The molecule has 2 aromatic rings. The second kappa shape index (κ2) is 6.13. The van der Waals surface area contributed by atoms with Gasteiger partial charge in [0, 0.05) is 11.6 Å². The first kappa shape index (κ1) is 14.6. The summed E-state index contributed by atoms with van der Waals surface area (Å²) in [7, 11) is 0. The second-order valence-electron chi connectivity index (χ2n) is 4.22. The first-order valence-corrected chi connectivity index (χ1v) is 5.99. The summed E-state index contributed by atoms with van der Waals surface area (Å²) in [5.74, 6) is -3.88. The van der Waals surface area contributed by atoms with E-state index in [0.29, 0.717) is 11.6 Å². The number of amides is 1. The van der Waals surface area contributed by atoms with Gasteiger partial charge in [0.25, 0.3) is 5.91 Å². The molecule has 0 aliphatic rings. The molecule has 2 N–H and O–H groups in total. The lowest BCUT2D eigenvalue weighted by molar-refractivity contribution is -0.127. The zero-order valence-electron chi connectivity index (χ0n) is 10.8. The lowest BCUT2D eigenvalue weighted by Gasteiger charge is -2.15. The highest BCUT2D eigenvalue weighted by atomic mass is 19.1. The molecule has 1 amide bonds. The van der Waals surface area contributed by atoms with Crippen LogP contribution < -0.4 is 5.73 Å². The van der Waals surface area contributed by atoms with Crippen molar-refractivity contribution in [2.24, 2.45) is 5.73 Å². The van der Waals surface area contributed by atoms with Crippen molar-refractivity contribution in [2.45, 2.75) is 6.10 Å². The molecule has 0 bridgehead atoms. The topological polar surface area (TPSA) is 69.4 Å². The largest absolute Gasteiger partial charge is 0.444 e. The van der Waals surface area contributed by atoms with Gasteiger partial charge >= 0.3 is 5.97 Å². The van der Waals surface area contributed by atoms with E-state index in [2.05, 4.69) is 0 Å². The third-order valence-corrected chi connectivity index (χ3v) is 2.74. The fourth-order valence-corrected chi connectivity index (χ4v) is 1.74. The van der Waals surface area contributed by atoms with Gasteiger partial charge in [0.05, 0.1) is 5.56 Å². The molecule has 21 heavy (non-hydrogen) atoms. The van der Waals surface area contributed by atoms with Gasteiger partial charge in [0.15, 0.2) is 0 Å². The standard InChI is InChI=1S/C15H11F2NO3/c16-10-6-7-11(12(17)8-10)15(20)21-13(14(18)19)9-4-2-1-3-5-9/h1-8,13H,(H2,18,19)/t13-/m0/s1. The van der Waals surface area contributed by atoms with Crippen LogP contribution in [0.2, 0.25) is 0 Å². The van der Waals surface area contributed by atoms with Crippen molar-refractivity contribution in [2.75, 3.05) is 0 Å². The molecule has 1 atom stereocenters. The van der Waals surface area contributed by atoms with Crippen LogP contribution in [0.15, 0.2) is 48.5 Å². The van der Waals surface area contributed by atoms with E-state index in [1.807, 2.05) is 0 Å². The summed E-state index contributed by atoms with van der Waals surface area (Å²) in [4.78, 5) is 23.3. The molecule has 0 saturated carbocycles. The average Bonchev–Trinajstić information content (AvgIpc) is 2.45. The summed E-state index contributed by atoms with van der Waals surface area (Å²) in [6, 6.07) is 10.5. The highest BCUT2D eigenvalue weighted by molar-refractivity contribution is 5.92. The third kappa shape index (κ3) is 3.42. The molecule has 0 radical (unpaired) electrons. The van der Waals surface area contributed by atoms with E-state index >= 15 is 0 Å². The summed E-state index contributed by atoms with van der Waals surface area (Å²) in [6.07, 6.45) is -1.34. The molecule has 0 saturated heterocycles. The molecule has 6 heteroatoms. The van der Waals surface area contributed by atoms with Gasteiger partial charge in [-0.1, -0.05) is 30.3 Å². The number of carbonyl (C=O) groups is 2. The zero-order chi connectivity index (χ0) is 15.4. The van der Waals surface area contributed by atoms with Crippen molar-refractivity contribution >= 4 is 11.9 Å². The maximum atomic E-state index is 13.5. The van der Waals surface area contributed by atoms with Crippen molar-refractivity contribution in [1.82, 2.24) is 0 Å². The SMILES string of the molecule is NC(=O)[C@@H](OC(=O)c1ccc(F)cc1F)c1ccccc1. The van der Waals surface area contributed by atoms with Crippen LogP contribution in [0.25, 0.3) is 0 Å². The van der Waals surface area contributed by atoms with Crippen molar-refractivity contribution < 1.29 is 23.1 Å². The Morgan fingerprint density at radius 3 is 2.29 bits per heavy atom. The van der Waals surface area contributed by atoms with E-state index in [0.717, 1.165) is 12.1 Å². The number of esters is 1. The van der Waals surface area contributed by atoms with Crippen LogP contribution in [0.4, 0.5) is 8.78 Å². The van der Waals surface area contributed by atoms with Gasteiger partial charge in [-0.15, -0.1) is 0 Å². The Hall–Kier alpha value is -2.76. The molecule has 4 nitrogen and oxygen atoms in total. The number of ether oxygens (including phenoxy) is 1. The highest BCUT2D eigenvalue weighted by Crippen LogP contribution is 2.20. The molecule has 0 heterocycles. The van der Waals surface area contributed by atoms with Crippen LogP contribution in [-0.2, 0) is 9.53 Å². The number of benzene rings is 2. The van der Waals surface area contributed by atoms with E-state index in [-0.39, 0.29) is 0 Å². The van der Waals surface area contributed by atoms with Crippen molar-refractivity contribution in [3.05, 3.63) is 71.3 Å². The summed E-state index contributed by atoms with van der Waals surface area (Å²) in [5.41, 5.74) is 5.08. The van der Waals surface area contributed by atoms with E-state index < -0.39 is 35.2 Å². The summed E-state index contributed by atoms with van der Waals surface area (Å²) in [6.45, 7) is 0. The number of hydrogen-bond donors (Lipinski definition) is 1. The molecule has 0 aliphatic carbocycles. The Balaban J connectivity index is 2.25. The average molecular weight is 291 g/mol. The quantitative estimate of drug-likeness (QED) is 0.879. The lowest BCUT2D eigenvalue weighted by Crippen LogP contribution is -2.26. The van der Waals surface area contributed by atoms with Crippen molar-refractivity contribution in [3.63, 3.8) is 0 Å². The van der Waals surface area contributed by atoms with Crippen LogP contribution in [0.3, 0.4) is 0 Å². The lowest BCUT2D eigenvalue weighted by atomic mass is 10.1. The van der Waals surface area contributed by atoms with E-state index in [1.54, 1.807) is 30.3 Å². The Morgan fingerprint density at radius 1 is 1.05 bits per heavy atom. The Kier molecular flexibility index (Phi) is 4.27. The minimum atomic E-state index is -1.34. The minimum Gasteiger partial charge on any atom is -0.444 e. The van der Waals surface area contributed by atoms with E-state index in [9.17, 15) is 18.4 Å². The summed E-state index contributed by atoms with van der Waals surface area (Å²) in [5, 5.41) is 0. The van der Waals surface area contributed by atoms with Gasteiger partial charge in [-0.3, -0.25) is 4.79 Å². The van der Waals surface area contributed by atoms with Gasteiger partial charge in [-0.25, -0.2) is 13.6 Å². The fraction of sp³-hybridized carbons (Fsp3) is 0.0667. The molecular formula is C15H11F2NO3. The third-order valence-electron chi connectivity index (χ3n) is 2.74. The Bertz CT molecular complexity index is 674. The number of hydrogen-bond acceptors (Lipinski definition) is 3. The van der Waals surface area contributed by atoms with Gasteiger partial charge in [-0.2, -0.15) is 0 Å². The van der Waals surface area contributed by atoms with Crippen molar-refractivity contribution in [1.29, 1.82) is 0 Å². The molecule has 2 rings (SSSR count). The van der Waals surface area contributed by atoms with Crippen LogP contribution >= 0.6 is 0 Å². The highest BCUT2D eigenvalue weighted by Gasteiger charge is 2.24. The maximum Gasteiger partial charge on any atom is 0.342 e. The van der Waals surface area contributed by atoms with Crippen LogP contribution in [0.1, 0.15) is 22.0 Å². The number of halogens is 2. The Morgan fingerprint density at radius 2 is 1.71 bits per heavy atom. The fourth-order valence-electron chi connectivity index (χ4n) is 1.74. The smallest absolute Gasteiger partial charge is 0.342 e. The number of nitrogens with two attached hydrogens (primary N) is 1. The molecule has 108 valence electrons. The van der Waals surface area contributed by atoms with Crippen LogP contribution in [0.5, 0.6) is 0 Å². The first-order chi connectivity index (χ1) is 9.99. The zero-order valence-corrected chi connectivity index (χ0v) is 10.8. The minimum absolute atomic E-state index is 0.362. The van der Waals surface area contributed by atoms with E-state index in [1.165, 1.54) is 0 Å². The van der Waals surface area contributed by atoms with Gasteiger partial charge in [-0.05, 0) is 12.1 Å². The van der Waals surface area contributed by atoms with Crippen LogP contribution in [0, 0.1) is 11.6 Å². The molecule has 0 aromatic heterocycles. The van der Waals surface area contributed by atoms with Gasteiger partial charge < -0.3 is 10.5 Å². The van der Waals surface area contributed by atoms with E-state index in [4.69, 9.17) is 10.5 Å². The molecule has 0 aliphatic heterocycles. The van der Waals surface area contributed by atoms with Gasteiger partial charge in [0.2, 0.25) is 6.10 Å². The van der Waals surface area contributed by atoms with Gasteiger partial charge in [0.1, 0.15) is 11.6 Å². The number of rotatable bonds is 4. The Labute approximate surface area is 119 Å². The monoisotopic (exact) mass is 291 g/mol. The van der Waals surface area contributed by atoms with Crippen LogP contribution in [-0.4, -0.2) is 11.9 Å². The normalized spacial score (nSPS) is 11.7. The summed E-state index contributed by atoms with van der Waals surface area (Å²) >= 11 is 0. The predicted molar refractivity (Wildman–Crippen MR) is 70.2 cm³/mol. The van der Waals surface area contributed by atoms with Crippen molar-refractivity contribution in [3.8, 4) is 0 Å². The first-order valence-electron chi connectivity index (χ1n) is 5.99.